The fraction of sp³-hybridized carbons (Fsp3) is 0.900. The van der Waals surface area contributed by atoms with Gasteiger partial charge in [0.2, 0.25) is 0 Å². The van der Waals surface area contributed by atoms with Gasteiger partial charge in [0.25, 0.3) is 0 Å². The van der Waals surface area contributed by atoms with Crippen LogP contribution in [0.1, 0.15) is 19.3 Å². The molecule has 1 saturated carbocycles. The monoisotopic (exact) mass is 295 g/mol. The smallest absolute Gasteiger partial charge is 0.320 e. The number of esters is 1. The molecule has 0 aliphatic heterocycles. The summed E-state index contributed by atoms with van der Waals surface area (Å²) in [6, 6.07) is 0. The molecule has 88 valence electrons. The second kappa shape index (κ2) is 6.11. The summed E-state index contributed by atoms with van der Waals surface area (Å²) in [5.74, 6) is -0.214. The molecule has 0 saturated heterocycles. The molecule has 0 aromatic heterocycles. The van der Waals surface area contributed by atoms with E-state index in [4.69, 9.17) is 0 Å². The van der Waals surface area contributed by atoms with Crippen LogP contribution in [-0.2, 0) is 9.53 Å². The van der Waals surface area contributed by atoms with Gasteiger partial charge in [0.05, 0.1) is 7.11 Å². The Morgan fingerprint density at radius 2 is 2.33 bits per heavy atom. The molecule has 1 fully saturated rings. The van der Waals surface area contributed by atoms with Gasteiger partial charge in [-0.15, -0.1) is 0 Å². The molecule has 3 nitrogen and oxygen atoms in total. The zero-order valence-corrected chi connectivity index (χ0v) is 11.6. The standard InChI is InChI=1S/C10H18BrNO2S/c1-14-9(13)8(11)6-12-7-10(15-2)4-3-5-10/h8,12H,3-7H2,1-2H3. The zero-order chi connectivity index (χ0) is 11.3. The van der Waals surface area contributed by atoms with Gasteiger partial charge in [-0.05, 0) is 19.1 Å². The number of halogens is 1. The van der Waals surface area contributed by atoms with Crippen molar-refractivity contribution in [3.8, 4) is 0 Å². The molecule has 1 unspecified atom stereocenters. The molecule has 5 heteroatoms. The van der Waals surface area contributed by atoms with Crippen LogP contribution in [0.3, 0.4) is 0 Å². The van der Waals surface area contributed by atoms with E-state index in [-0.39, 0.29) is 10.8 Å². The van der Waals surface area contributed by atoms with Crippen LogP contribution in [0, 0.1) is 0 Å². The molecule has 0 amide bonds. The van der Waals surface area contributed by atoms with Gasteiger partial charge in [0.1, 0.15) is 4.83 Å². The van der Waals surface area contributed by atoms with Gasteiger partial charge >= 0.3 is 5.97 Å². The summed E-state index contributed by atoms with van der Waals surface area (Å²) in [6.07, 6.45) is 6.06. The van der Waals surface area contributed by atoms with Crippen LogP contribution in [0.2, 0.25) is 0 Å². The Morgan fingerprint density at radius 1 is 1.67 bits per heavy atom. The summed E-state index contributed by atoms with van der Waals surface area (Å²) in [5, 5.41) is 3.33. The maximum Gasteiger partial charge on any atom is 0.320 e. The largest absolute Gasteiger partial charge is 0.468 e. The van der Waals surface area contributed by atoms with Crippen LogP contribution in [0.4, 0.5) is 0 Å². The first-order valence-electron chi connectivity index (χ1n) is 5.11. The maximum atomic E-state index is 11.1. The molecular weight excluding hydrogens is 278 g/mol. The highest BCUT2D eigenvalue weighted by atomic mass is 79.9. The number of thioether (sulfide) groups is 1. The molecule has 0 aromatic carbocycles. The molecule has 0 radical (unpaired) electrons. The molecule has 1 aliphatic rings. The minimum atomic E-state index is -0.235. The summed E-state index contributed by atoms with van der Waals surface area (Å²) >= 11 is 5.22. The van der Waals surface area contributed by atoms with Crippen molar-refractivity contribution < 1.29 is 9.53 Å². The van der Waals surface area contributed by atoms with Crippen LogP contribution in [0.25, 0.3) is 0 Å². The Hall–Kier alpha value is 0.260. The van der Waals surface area contributed by atoms with E-state index in [0.717, 1.165) is 6.54 Å². The van der Waals surface area contributed by atoms with Crippen molar-refractivity contribution in [3.63, 3.8) is 0 Å². The SMILES string of the molecule is COC(=O)C(Br)CNCC1(SC)CCC1. The maximum absolute atomic E-state index is 11.1. The second-order valence-electron chi connectivity index (χ2n) is 3.86. The number of rotatable bonds is 6. The summed E-state index contributed by atoms with van der Waals surface area (Å²) < 4.78 is 5.05. The zero-order valence-electron chi connectivity index (χ0n) is 9.22. The van der Waals surface area contributed by atoms with Crippen molar-refractivity contribution in [2.24, 2.45) is 0 Å². The Bertz CT molecular complexity index is 216. The van der Waals surface area contributed by atoms with Crippen molar-refractivity contribution in [1.29, 1.82) is 0 Å². The number of nitrogens with one attached hydrogen (secondary N) is 1. The van der Waals surface area contributed by atoms with Gasteiger partial charge in [-0.3, -0.25) is 4.79 Å². The highest BCUT2D eigenvalue weighted by Crippen LogP contribution is 2.42. The molecule has 0 aromatic rings. The lowest BCUT2D eigenvalue weighted by Gasteiger charge is -2.40. The average Bonchev–Trinajstić information content (AvgIpc) is 2.20. The molecule has 1 rings (SSSR count). The predicted octanol–water partition coefficient (Wildman–Crippen LogP) is 1.80. The van der Waals surface area contributed by atoms with E-state index in [0.29, 0.717) is 11.3 Å². The number of methoxy groups -OCH3 is 1. The second-order valence-corrected chi connectivity index (χ2v) is 6.24. The molecule has 15 heavy (non-hydrogen) atoms. The van der Waals surface area contributed by atoms with Gasteiger partial charge in [0, 0.05) is 17.8 Å². The highest BCUT2D eigenvalue weighted by Gasteiger charge is 2.35. The Labute approximate surface area is 104 Å². The molecule has 0 heterocycles. The molecule has 1 N–H and O–H groups in total. The van der Waals surface area contributed by atoms with Crippen molar-refractivity contribution >= 4 is 33.7 Å². The average molecular weight is 296 g/mol. The fourth-order valence-corrected chi connectivity index (χ4v) is 3.02. The van der Waals surface area contributed by atoms with E-state index in [1.165, 1.54) is 26.4 Å². The van der Waals surface area contributed by atoms with Crippen LogP contribution >= 0.6 is 27.7 Å². The quantitative estimate of drug-likeness (QED) is 0.599. The lowest BCUT2D eigenvalue weighted by atomic mass is 9.84. The molecule has 0 bridgehead atoms. The van der Waals surface area contributed by atoms with E-state index in [1.54, 1.807) is 0 Å². The van der Waals surface area contributed by atoms with Crippen LogP contribution in [0.5, 0.6) is 0 Å². The fourth-order valence-electron chi connectivity index (χ4n) is 1.66. The number of carbonyl (C=O) groups is 1. The third kappa shape index (κ3) is 3.64. The van der Waals surface area contributed by atoms with E-state index in [9.17, 15) is 4.79 Å². The normalized spacial score (nSPS) is 20.5. The van der Waals surface area contributed by atoms with Crippen molar-refractivity contribution in [2.45, 2.75) is 28.8 Å². The van der Waals surface area contributed by atoms with Crippen LogP contribution in [0.15, 0.2) is 0 Å². The van der Waals surface area contributed by atoms with E-state index < -0.39 is 0 Å². The number of carbonyl (C=O) groups excluding carboxylic acids is 1. The number of hydrogen-bond donors (Lipinski definition) is 1. The van der Waals surface area contributed by atoms with Gasteiger partial charge in [-0.25, -0.2) is 0 Å². The summed E-state index contributed by atoms with van der Waals surface area (Å²) in [6.45, 7) is 1.61. The molecule has 0 spiro atoms. The van der Waals surface area contributed by atoms with Gasteiger partial charge in [-0.1, -0.05) is 22.4 Å². The first-order valence-corrected chi connectivity index (χ1v) is 7.25. The van der Waals surface area contributed by atoms with Gasteiger partial charge in [-0.2, -0.15) is 11.8 Å². The third-order valence-corrected chi connectivity index (χ3v) is 5.04. The third-order valence-electron chi connectivity index (χ3n) is 2.93. The Morgan fingerprint density at radius 3 is 2.73 bits per heavy atom. The van der Waals surface area contributed by atoms with Crippen molar-refractivity contribution in [3.05, 3.63) is 0 Å². The van der Waals surface area contributed by atoms with Crippen LogP contribution < -0.4 is 5.32 Å². The van der Waals surface area contributed by atoms with Gasteiger partial charge < -0.3 is 10.1 Å². The number of ether oxygens (including phenoxy) is 1. The summed E-state index contributed by atoms with van der Waals surface area (Å²) in [7, 11) is 1.41. The van der Waals surface area contributed by atoms with Crippen molar-refractivity contribution in [1.82, 2.24) is 5.32 Å². The Kier molecular flexibility index (Phi) is 5.43. The molecule has 1 aliphatic carbocycles. The number of alkyl halides is 1. The topological polar surface area (TPSA) is 38.3 Å². The van der Waals surface area contributed by atoms with E-state index in [1.807, 2.05) is 11.8 Å². The highest BCUT2D eigenvalue weighted by molar-refractivity contribution is 9.10. The molecular formula is C10H18BrNO2S. The van der Waals surface area contributed by atoms with E-state index in [2.05, 4.69) is 32.2 Å². The lowest BCUT2D eigenvalue weighted by Crippen LogP contribution is -2.45. The van der Waals surface area contributed by atoms with Crippen molar-refractivity contribution in [2.75, 3.05) is 26.5 Å². The molecule has 1 atom stereocenters. The predicted molar refractivity (Wildman–Crippen MR) is 67.7 cm³/mol. The first kappa shape index (κ1) is 13.3. The Balaban J connectivity index is 2.18. The van der Waals surface area contributed by atoms with Gasteiger partial charge in [0.15, 0.2) is 0 Å². The first-order chi connectivity index (χ1) is 7.13. The van der Waals surface area contributed by atoms with Crippen LogP contribution in [-0.4, -0.2) is 42.0 Å². The summed E-state index contributed by atoms with van der Waals surface area (Å²) in [4.78, 5) is 10.9. The number of hydrogen-bond acceptors (Lipinski definition) is 4. The summed E-state index contributed by atoms with van der Waals surface area (Å²) in [5.41, 5.74) is 0. The minimum Gasteiger partial charge on any atom is -0.468 e. The van der Waals surface area contributed by atoms with E-state index >= 15 is 0 Å². The minimum absolute atomic E-state index is 0.214. The lowest BCUT2D eigenvalue weighted by molar-refractivity contribution is -0.139.